The van der Waals surface area contributed by atoms with Gasteiger partial charge in [-0.25, -0.2) is 8.42 Å². The molecule has 2 aromatic carbocycles. The number of carbonyl (C=O) groups is 1. The number of hydrogen-bond acceptors (Lipinski definition) is 3. The van der Waals surface area contributed by atoms with Crippen molar-refractivity contribution in [2.45, 2.75) is 24.3 Å². The third-order valence-corrected chi connectivity index (χ3v) is 6.92. The molecule has 3 rings (SSSR count). The van der Waals surface area contributed by atoms with Gasteiger partial charge in [0.15, 0.2) is 0 Å². The smallest absolute Gasteiger partial charge is 0.243 e. The largest absolute Gasteiger partial charge is 0.352 e. The molecule has 0 saturated carbocycles. The number of halogens is 1. The Balaban J connectivity index is 1.64. The lowest BCUT2D eigenvalue weighted by atomic mass is 9.99. The highest BCUT2D eigenvalue weighted by molar-refractivity contribution is 9.10. The van der Waals surface area contributed by atoms with Crippen molar-refractivity contribution in [1.82, 2.24) is 9.62 Å². The molecule has 7 heteroatoms. The number of hydrogen-bond donors (Lipinski definition) is 1. The second-order valence-electron chi connectivity index (χ2n) is 6.36. The van der Waals surface area contributed by atoms with Crippen LogP contribution in [0.4, 0.5) is 0 Å². The van der Waals surface area contributed by atoms with Crippen LogP contribution in [0.2, 0.25) is 0 Å². The van der Waals surface area contributed by atoms with E-state index in [2.05, 4.69) is 21.2 Å². The van der Waals surface area contributed by atoms with Gasteiger partial charge in [-0.05, 0) is 42.7 Å². The summed E-state index contributed by atoms with van der Waals surface area (Å²) in [5.41, 5.74) is 1.02. The predicted molar refractivity (Wildman–Crippen MR) is 104 cm³/mol. The summed E-state index contributed by atoms with van der Waals surface area (Å²) in [6.45, 7) is 1.12. The monoisotopic (exact) mass is 436 g/mol. The Morgan fingerprint density at radius 3 is 2.50 bits per heavy atom. The van der Waals surface area contributed by atoms with Crippen LogP contribution in [0.25, 0.3) is 0 Å². The summed E-state index contributed by atoms with van der Waals surface area (Å²) >= 11 is 3.31. The van der Waals surface area contributed by atoms with Crippen molar-refractivity contribution in [3.05, 3.63) is 64.6 Å². The zero-order valence-corrected chi connectivity index (χ0v) is 16.7. The molecule has 26 heavy (non-hydrogen) atoms. The normalized spacial score (nSPS) is 18.4. The van der Waals surface area contributed by atoms with Crippen molar-refractivity contribution in [3.8, 4) is 0 Å². The summed E-state index contributed by atoms with van der Waals surface area (Å²) in [5.74, 6) is -0.415. The molecule has 1 fully saturated rings. The van der Waals surface area contributed by atoms with Crippen molar-refractivity contribution >= 4 is 31.9 Å². The molecule has 1 heterocycles. The molecule has 0 radical (unpaired) electrons. The van der Waals surface area contributed by atoms with E-state index in [1.165, 1.54) is 4.31 Å². The van der Waals surface area contributed by atoms with Gasteiger partial charge in [0.1, 0.15) is 0 Å². The Morgan fingerprint density at radius 2 is 1.81 bits per heavy atom. The maximum atomic E-state index is 12.8. The number of sulfonamides is 1. The molecule has 138 valence electrons. The lowest BCUT2D eigenvalue weighted by molar-refractivity contribution is -0.126. The summed E-state index contributed by atoms with van der Waals surface area (Å²) in [4.78, 5) is 12.7. The standard InChI is InChI=1S/C19H21BrN2O3S/c20-17-8-10-18(11-9-17)26(24,25)22-12-4-7-16(14-22)19(23)21-13-15-5-2-1-3-6-15/h1-3,5-6,8-11,16H,4,7,12-14H2,(H,21,23)/t16-/m1/s1. The summed E-state index contributed by atoms with van der Waals surface area (Å²) < 4.78 is 27.9. The van der Waals surface area contributed by atoms with E-state index >= 15 is 0 Å². The molecule has 1 aliphatic heterocycles. The Bertz CT molecular complexity index is 854. The van der Waals surface area contributed by atoms with E-state index in [1.807, 2.05) is 30.3 Å². The van der Waals surface area contributed by atoms with Crippen LogP contribution in [0.15, 0.2) is 64.0 Å². The van der Waals surface area contributed by atoms with Crippen LogP contribution in [-0.2, 0) is 21.4 Å². The van der Waals surface area contributed by atoms with E-state index in [0.29, 0.717) is 25.9 Å². The number of carbonyl (C=O) groups excluding carboxylic acids is 1. The number of benzene rings is 2. The van der Waals surface area contributed by atoms with Crippen LogP contribution in [0.3, 0.4) is 0 Å². The van der Waals surface area contributed by atoms with Crippen LogP contribution in [0.1, 0.15) is 18.4 Å². The molecule has 1 aliphatic rings. The van der Waals surface area contributed by atoms with E-state index in [-0.39, 0.29) is 23.3 Å². The van der Waals surface area contributed by atoms with Gasteiger partial charge in [0.25, 0.3) is 0 Å². The van der Waals surface area contributed by atoms with E-state index in [0.717, 1.165) is 10.0 Å². The fourth-order valence-electron chi connectivity index (χ4n) is 3.06. The maximum absolute atomic E-state index is 12.8. The minimum absolute atomic E-state index is 0.0930. The van der Waals surface area contributed by atoms with Gasteiger partial charge in [-0.1, -0.05) is 46.3 Å². The molecule has 0 aliphatic carbocycles. The quantitative estimate of drug-likeness (QED) is 0.782. The molecule has 5 nitrogen and oxygen atoms in total. The van der Waals surface area contributed by atoms with E-state index in [4.69, 9.17) is 0 Å². The predicted octanol–water partition coefficient (Wildman–Crippen LogP) is 3.17. The molecule has 1 N–H and O–H groups in total. The molecular formula is C19H21BrN2O3S. The highest BCUT2D eigenvalue weighted by Gasteiger charge is 2.33. The van der Waals surface area contributed by atoms with Crippen molar-refractivity contribution < 1.29 is 13.2 Å². The Labute approximate surface area is 162 Å². The van der Waals surface area contributed by atoms with Crippen LogP contribution in [-0.4, -0.2) is 31.7 Å². The molecule has 0 spiro atoms. The fourth-order valence-corrected chi connectivity index (χ4v) is 4.85. The second kappa shape index (κ2) is 8.33. The average molecular weight is 437 g/mol. The number of piperidine rings is 1. The summed E-state index contributed by atoms with van der Waals surface area (Å²) in [6.07, 6.45) is 1.38. The van der Waals surface area contributed by atoms with E-state index in [1.54, 1.807) is 24.3 Å². The maximum Gasteiger partial charge on any atom is 0.243 e. The van der Waals surface area contributed by atoms with Crippen LogP contribution >= 0.6 is 15.9 Å². The van der Waals surface area contributed by atoms with Crippen molar-refractivity contribution in [3.63, 3.8) is 0 Å². The van der Waals surface area contributed by atoms with Crippen molar-refractivity contribution in [2.75, 3.05) is 13.1 Å². The van der Waals surface area contributed by atoms with Gasteiger partial charge in [0, 0.05) is 24.1 Å². The highest BCUT2D eigenvalue weighted by Crippen LogP contribution is 2.25. The Morgan fingerprint density at radius 1 is 1.12 bits per heavy atom. The number of nitrogens with one attached hydrogen (secondary N) is 1. The number of rotatable bonds is 5. The first-order valence-corrected chi connectivity index (χ1v) is 10.8. The molecule has 1 amide bonds. The SMILES string of the molecule is O=C(NCc1ccccc1)[C@@H]1CCCN(S(=O)(=O)c2ccc(Br)cc2)C1. The minimum atomic E-state index is -3.58. The second-order valence-corrected chi connectivity index (χ2v) is 9.21. The summed E-state index contributed by atoms with van der Waals surface area (Å²) in [6, 6.07) is 16.3. The molecular weight excluding hydrogens is 416 g/mol. The van der Waals surface area contributed by atoms with Crippen LogP contribution in [0.5, 0.6) is 0 Å². The molecule has 1 atom stereocenters. The lowest BCUT2D eigenvalue weighted by Crippen LogP contribution is -2.45. The zero-order valence-electron chi connectivity index (χ0n) is 14.3. The van der Waals surface area contributed by atoms with Gasteiger partial charge in [0.05, 0.1) is 10.8 Å². The lowest BCUT2D eigenvalue weighted by Gasteiger charge is -2.31. The van der Waals surface area contributed by atoms with Crippen LogP contribution < -0.4 is 5.32 Å². The number of amides is 1. The first-order chi connectivity index (χ1) is 12.5. The molecule has 0 bridgehead atoms. The molecule has 2 aromatic rings. The third kappa shape index (κ3) is 4.52. The minimum Gasteiger partial charge on any atom is -0.352 e. The van der Waals surface area contributed by atoms with Crippen LogP contribution in [0, 0.1) is 5.92 Å². The first kappa shape index (κ1) is 19.1. The van der Waals surface area contributed by atoms with Crippen molar-refractivity contribution in [2.24, 2.45) is 5.92 Å². The Hall–Kier alpha value is -1.70. The third-order valence-electron chi connectivity index (χ3n) is 4.52. The van der Waals surface area contributed by atoms with E-state index in [9.17, 15) is 13.2 Å². The average Bonchev–Trinajstić information content (AvgIpc) is 2.67. The van der Waals surface area contributed by atoms with Gasteiger partial charge in [-0.3, -0.25) is 4.79 Å². The highest BCUT2D eigenvalue weighted by atomic mass is 79.9. The molecule has 0 unspecified atom stereocenters. The summed E-state index contributed by atoms with van der Waals surface area (Å²) in [5, 5.41) is 2.92. The van der Waals surface area contributed by atoms with Gasteiger partial charge in [-0.2, -0.15) is 4.31 Å². The van der Waals surface area contributed by atoms with Gasteiger partial charge in [0.2, 0.25) is 15.9 Å². The van der Waals surface area contributed by atoms with Crippen molar-refractivity contribution in [1.29, 1.82) is 0 Å². The first-order valence-electron chi connectivity index (χ1n) is 8.54. The molecule has 0 aromatic heterocycles. The van der Waals surface area contributed by atoms with E-state index < -0.39 is 10.0 Å². The summed E-state index contributed by atoms with van der Waals surface area (Å²) in [7, 11) is -3.58. The molecule has 1 saturated heterocycles. The van der Waals surface area contributed by atoms with Gasteiger partial charge in [-0.15, -0.1) is 0 Å². The zero-order chi connectivity index (χ0) is 18.6. The fraction of sp³-hybridized carbons (Fsp3) is 0.316. The van der Waals surface area contributed by atoms with Gasteiger partial charge < -0.3 is 5.32 Å². The number of nitrogens with zero attached hydrogens (tertiary/aromatic N) is 1. The van der Waals surface area contributed by atoms with Gasteiger partial charge >= 0.3 is 0 Å². The topological polar surface area (TPSA) is 66.5 Å². The Kier molecular flexibility index (Phi) is 6.11.